The molecule has 1 atom stereocenters. The van der Waals surface area contributed by atoms with Gasteiger partial charge in [-0.1, -0.05) is 49.4 Å². The van der Waals surface area contributed by atoms with Crippen LogP contribution in [0.1, 0.15) is 60.1 Å². The third-order valence-corrected chi connectivity index (χ3v) is 7.69. The molecule has 2 amide bonds. The number of benzene rings is 2. The minimum absolute atomic E-state index is 0.0846. The Balaban J connectivity index is 1.35. The zero-order valence-electron chi connectivity index (χ0n) is 20.9. The van der Waals surface area contributed by atoms with Crippen LogP contribution in [-0.2, 0) is 11.2 Å². The average Bonchev–Trinajstić information content (AvgIpc) is 3.40. The Morgan fingerprint density at radius 3 is 2.56 bits per heavy atom. The number of piperidine rings is 1. The van der Waals surface area contributed by atoms with Crippen molar-refractivity contribution in [3.63, 3.8) is 0 Å². The molecule has 0 aliphatic carbocycles. The first-order valence-corrected chi connectivity index (χ1v) is 13.4. The number of rotatable bonds is 9. The monoisotopic (exact) mass is 506 g/mol. The van der Waals surface area contributed by atoms with Gasteiger partial charge in [-0.05, 0) is 36.5 Å². The number of anilines is 1. The van der Waals surface area contributed by atoms with Gasteiger partial charge in [0.25, 0.3) is 5.91 Å². The summed E-state index contributed by atoms with van der Waals surface area (Å²) in [5.74, 6) is -0.0145. The molecule has 0 bridgehead atoms. The smallest absolute Gasteiger partial charge is 0.275 e. The highest BCUT2D eigenvalue weighted by Crippen LogP contribution is 2.32. The number of thiazole rings is 1. The molecule has 1 aliphatic heterocycles. The number of aromatic nitrogens is 1. The minimum Gasteiger partial charge on any atom is -0.378 e. The molecule has 1 saturated heterocycles. The maximum atomic E-state index is 13.0. The van der Waals surface area contributed by atoms with Crippen LogP contribution in [0.5, 0.6) is 0 Å². The van der Waals surface area contributed by atoms with Crippen molar-refractivity contribution >= 4 is 28.8 Å². The number of aliphatic hydroxyl groups is 1. The molecule has 2 heterocycles. The number of carbonyl (C=O) groups is 2. The van der Waals surface area contributed by atoms with E-state index in [1.165, 1.54) is 23.8 Å². The lowest BCUT2D eigenvalue weighted by atomic mass is 9.97. The van der Waals surface area contributed by atoms with E-state index in [4.69, 9.17) is 0 Å². The maximum Gasteiger partial charge on any atom is 0.275 e. The van der Waals surface area contributed by atoms with E-state index in [2.05, 4.69) is 46.8 Å². The van der Waals surface area contributed by atoms with Crippen LogP contribution >= 0.6 is 11.3 Å². The topological polar surface area (TPSA) is 94.6 Å². The predicted octanol–water partition coefficient (Wildman–Crippen LogP) is 4.65. The van der Waals surface area contributed by atoms with Crippen molar-refractivity contribution in [2.24, 2.45) is 0 Å². The van der Waals surface area contributed by atoms with Crippen LogP contribution in [0.4, 0.5) is 5.69 Å². The molecule has 1 aromatic heterocycles. The summed E-state index contributed by atoms with van der Waals surface area (Å²) in [7, 11) is 0. The number of hydrogen-bond acceptors (Lipinski definition) is 6. The molecule has 36 heavy (non-hydrogen) atoms. The molecular weight excluding hydrogens is 472 g/mol. The standard InChI is InChI=1S/C28H34N4O3S/c1-3-20-8-10-21(11-9-20)23-6-4-5-7-24(23)30-27(35)25-18-36-28(31-25)22-13-16-32(17-14-22)26(34)12-15-29-19(2)33/h4-11,18,22,26,34H,3,12-17H2,1-2H3,(H,29,33)(H,30,35). The lowest BCUT2D eigenvalue weighted by molar-refractivity contribution is -0.119. The molecule has 3 N–H and O–H groups in total. The molecule has 0 spiro atoms. The van der Waals surface area contributed by atoms with Crippen molar-refractivity contribution < 1.29 is 14.7 Å². The molecule has 190 valence electrons. The lowest BCUT2D eigenvalue weighted by Crippen LogP contribution is -2.42. The highest BCUT2D eigenvalue weighted by atomic mass is 32.1. The molecular formula is C28H34N4O3S. The van der Waals surface area contributed by atoms with Crippen molar-refractivity contribution in [3.05, 3.63) is 70.2 Å². The first-order chi connectivity index (χ1) is 17.4. The van der Waals surface area contributed by atoms with Crippen LogP contribution in [0, 0.1) is 0 Å². The summed E-state index contributed by atoms with van der Waals surface area (Å²) in [6.45, 7) is 5.60. The number of amides is 2. The Bertz CT molecular complexity index is 1170. The van der Waals surface area contributed by atoms with Gasteiger partial charge in [-0.15, -0.1) is 11.3 Å². The molecule has 7 nitrogen and oxygen atoms in total. The van der Waals surface area contributed by atoms with Gasteiger partial charge in [0.1, 0.15) is 11.9 Å². The molecule has 1 unspecified atom stereocenters. The number of para-hydroxylation sites is 1. The Morgan fingerprint density at radius 1 is 1.14 bits per heavy atom. The molecule has 4 rings (SSSR count). The van der Waals surface area contributed by atoms with Gasteiger partial charge in [-0.2, -0.15) is 0 Å². The average molecular weight is 507 g/mol. The number of aliphatic hydroxyl groups excluding tert-OH is 1. The normalized spacial score (nSPS) is 15.4. The van der Waals surface area contributed by atoms with Gasteiger partial charge in [0.05, 0.1) is 5.01 Å². The van der Waals surface area contributed by atoms with E-state index < -0.39 is 6.23 Å². The fraction of sp³-hybridized carbons (Fsp3) is 0.393. The molecule has 0 radical (unpaired) electrons. The van der Waals surface area contributed by atoms with Gasteiger partial charge in [0, 0.05) is 55.5 Å². The van der Waals surface area contributed by atoms with Gasteiger partial charge in [-0.3, -0.25) is 14.5 Å². The van der Waals surface area contributed by atoms with Crippen LogP contribution in [0.25, 0.3) is 11.1 Å². The largest absolute Gasteiger partial charge is 0.378 e. The summed E-state index contributed by atoms with van der Waals surface area (Å²) < 4.78 is 0. The van der Waals surface area contributed by atoms with E-state index >= 15 is 0 Å². The zero-order chi connectivity index (χ0) is 25.5. The summed E-state index contributed by atoms with van der Waals surface area (Å²) in [4.78, 5) is 30.8. The third kappa shape index (κ3) is 6.57. The number of likely N-dealkylation sites (tertiary alicyclic amines) is 1. The number of nitrogens with zero attached hydrogens (tertiary/aromatic N) is 2. The van der Waals surface area contributed by atoms with E-state index in [0.29, 0.717) is 18.7 Å². The summed E-state index contributed by atoms with van der Waals surface area (Å²) in [5, 5.41) is 19.0. The summed E-state index contributed by atoms with van der Waals surface area (Å²) in [6, 6.07) is 16.2. The molecule has 2 aromatic carbocycles. The third-order valence-electron chi connectivity index (χ3n) is 6.68. The van der Waals surface area contributed by atoms with E-state index in [1.807, 2.05) is 34.5 Å². The van der Waals surface area contributed by atoms with Gasteiger partial charge < -0.3 is 15.7 Å². The second kappa shape index (κ2) is 12.3. The SMILES string of the molecule is CCc1ccc(-c2ccccc2NC(=O)c2csc(C3CCN(C(O)CCNC(C)=O)CC3)n2)cc1. The number of hydrogen-bond donors (Lipinski definition) is 3. The maximum absolute atomic E-state index is 13.0. The molecule has 8 heteroatoms. The minimum atomic E-state index is -0.561. The lowest BCUT2D eigenvalue weighted by Gasteiger charge is -2.34. The second-order valence-corrected chi connectivity index (χ2v) is 10.1. The van der Waals surface area contributed by atoms with Gasteiger partial charge in [-0.25, -0.2) is 4.98 Å². The fourth-order valence-electron chi connectivity index (χ4n) is 4.53. The van der Waals surface area contributed by atoms with Crippen molar-refractivity contribution in [2.45, 2.75) is 51.7 Å². The van der Waals surface area contributed by atoms with E-state index in [0.717, 1.165) is 54.2 Å². The van der Waals surface area contributed by atoms with Crippen LogP contribution in [0.3, 0.4) is 0 Å². The fourth-order valence-corrected chi connectivity index (χ4v) is 5.51. The van der Waals surface area contributed by atoms with Crippen molar-refractivity contribution in [3.8, 4) is 11.1 Å². The van der Waals surface area contributed by atoms with Crippen LogP contribution < -0.4 is 10.6 Å². The number of nitrogens with one attached hydrogen (secondary N) is 2. The van der Waals surface area contributed by atoms with Gasteiger partial charge in [0.2, 0.25) is 5.91 Å². The van der Waals surface area contributed by atoms with Crippen molar-refractivity contribution in [2.75, 3.05) is 25.0 Å². The van der Waals surface area contributed by atoms with Crippen LogP contribution in [0.15, 0.2) is 53.9 Å². The summed E-state index contributed by atoms with van der Waals surface area (Å²) >= 11 is 1.53. The van der Waals surface area contributed by atoms with Crippen molar-refractivity contribution in [1.82, 2.24) is 15.2 Å². The first kappa shape index (κ1) is 26.0. The van der Waals surface area contributed by atoms with Gasteiger partial charge >= 0.3 is 0 Å². The number of carbonyl (C=O) groups excluding carboxylic acids is 2. The van der Waals surface area contributed by atoms with E-state index in [-0.39, 0.29) is 17.7 Å². The Kier molecular flexibility index (Phi) is 8.85. The molecule has 1 fully saturated rings. The Morgan fingerprint density at radius 2 is 1.86 bits per heavy atom. The molecule has 3 aromatic rings. The number of aryl methyl sites for hydroxylation is 1. The first-order valence-electron chi connectivity index (χ1n) is 12.6. The second-order valence-electron chi connectivity index (χ2n) is 9.18. The van der Waals surface area contributed by atoms with Crippen LogP contribution in [0.2, 0.25) is 0 Å². The van der Waals surface area contributed by atoms with Crippen molar-refractivity contribution in [1.29, 1.82) is 0 Å². The summed E-state index contributed by atoms with van der Waals surface area (Å²) in [6.07, 6.45) is 2.69. The highest BCUT2D eigenvalue weighted by molar-refractivity contribution is 7.10. The van der Waals surface area contributed by atoms with E-state index in [9.17, 15) is 14.7 Å². The Labute approximate surface area is 216 Å². The highest BCUT2D eigenvalue weighted by Gasteiger charge is 2.27. The quantitative estimate of drug-likeness (QED) is 0.393. The Hall–Kier alpha value is -3.07. The molecule has 0 saturated carbocycles. The summed E-state index contributed by atoms with van der Waals surface area (Å²) in [5.41, 5.74) is 4.52. The predicted molar refractivity (Wildman–Crippen MR) is 144 cm³/mol. The van der Waals surface area contributed by atoms with Gasteiger partial charge in [0.15, 0.2) is 0 Å². The molecule has 1 aliphatic rings. The van der Waals surface area contributed by atoms with Crippen LogP contribution in [-0.4, -0.2) is 52.7 Å². The zero-order valence-corrected chi connectivity index (χ0v) is 21.7. The van der Waals surface area contributed by atoms with E-state index in [1.54, 1.807) is 0 Å².